The molecule has 20 heavy (non-hydrogen) atoms. The van der Waals surface area contributed by atoms with Crippen molar-refractivity contribution in [3.05, 3.63) is 0 Å². The molecule has 0 N–H and O–H groups in total. The number of carbonyl (C=O) groups excluding carboxylic acids is 2. The Morgan fingerprint density at radius 3 is 2.60 bits per heavy atom. The third kappa shape index (κ3) is 3.58. The molecule has 1 saturated heterocycles. The van der Waals surface area contributed by atoms with E-state index in [2.05, 4.69) is 0 Å². The number of hydrogen-bond donors (Lipinski definition) is 0. The first-order chi connectivity index (χ1) is 9.61. The normalized spacial score (nSPS) is 26.0. The second kappa shape index (κ2) is 6.86. The summed E-state index contributed by atoms with van der Waals surface area (Å²) in [6, 6.07) is 0.322. The van der Waals surface area contributed by atoms with Crippen molar-refractivity contribution in [2.45, 2.75) is 52.0 Å². The Morgan fingerprint density at radius 1 is 1.30 bits per heavy atom. The Kier molecular flexibility index (Phi) is 5.15. The zero-order valence-electron chi connectivity index (χ0n) is 12.4. The summed E-state index contributed by atoms with van der Waals surface area (Å²) in [5.74, 6) is -0.611. The van der Waals surface area contributed by atoms with Crippen LogP contribution in [0.4, 0.5) is 0 Å². The predicted molar refractivity (Wildman–Crippen MR) is 76.7 cm³/mol. The van der Waals surface area contributed by atoms with E-state index in [-0.39, 0.29) is 17.8 Å². The van der Waals surface area contributed by atoms with Gasteiger partial charge in [-0.3, -0.25) is 14.6 Å². The van der Waals surface area contributed by atoms with Crippen LogP contribution in [0.3, 0.4) is 0 Å². The van der Waals surface area contributed by atoms with Crippen LogP contribution in [0.15, 0.2) is 4.99 Å². The fourth-order valence-electron chi connectivity index (χ4n) is 2.96. The first-order valence-corrected chi connectivity index (χ1v) is 7.60. The fourth-order valence-corrected chi connectivity index (χ4v) is 2.96. The summed E-state index contributed by atoms with van der Waals surface area (Å²) in [5, 5.41) is 0. The van der Waals surface area contributed by atoms with E-state index >= 15 is 0 Å². The second-order valence-electron chi connectivity index (χ2n) is 5.62. The van der Waals surface area contributed by atoms with Crippen molar-refractivity contribution in [3.8, 4) is 0 Å². The van der Waals surface area contributed by atoms with E-state index in [4.69, 9.17) is 9.73 Å². The maximum atomic E-state index is 12.0. The van der Waals surface area contributed by atoms with Crippen LogP contribution in [0.25, 0.3) is 0 Å². The minimum atomic E-state index is -0.360. The number of esters is 1. The van der Waals surface area contributed by atoms with Crippen LogP contribution in [0, 0.1) is 5.92 Å². The largest absolute Gasteiger partial charge is 0.465 e. The van der Waals surface area contributed by atoms with Crippen LogP contribution in [0.5, 0.6) is 0 Å². The summed E-state index contributed by atoms with van der Waals surface area (Å²) in [7, 11) is 0. The predicted octanol–water partition coefficient (Wildman–Crippen LogP) is 1.80. The topological polar surface area (TPSA) is 59.0 Å². The third-order valence-electron chi connectivity index (χ3n) is 4.10. The highest BCUT2D eigenvalue weighted by Gasteiger charge is 2.37. The van der Waals surface area contributed by atoms with E-state index in [9.17, 15) is 9.59 Å². The number of ether oxygens (including phenoxy) is 1. The van der Waals surface area contributed by atoms with Crippen LogP contribution in [-0.2, 0) is 14.3 Å². The number of aliphatic imine (C=N–C) groups is 1. The Bertz CT molecular complexity index is 400. The van der Waals surface area contributed by atoms with Crippen LogP contribution in [0.2, 0.25) is 0 Å². The molecule has 1 aliphatic heterocycles. The molecule has 2 fully saturated rings. The molecule has 0 aromatic carbocycles. The molecule has 0 aromatic rings. The van der Waals surface area contributed by atoms with E-state index < -0.39 is 0 Å². The van der Waals surface area contributed by atoms with Crippen LogP contribution < -0.4 is 0 Å². The third-order valence-corrected chi connectivity index (χ3v) is 4.10. The number of hydrogen-bond acceptors (Lipinski definition) is 4. The Hall–Kier alpha value is -1.39. The van der Waals surface area contributed by atoms with E-state index in [1.807, 2.05) is 0 Å². The van der Waals surface area contributed by atoms with Crippen molar-refractivity contribution in [1.82, 2.24) is 4.90 Å². The van der Waals surface area contributed by atoms with Gasteiger partial charge in [-0.2, -0.15) is 0 Å². The molecule has 1 heterocycles. The molecule has 0 radical (unpaired) electrons. The lowest BCUT2D eigenvalue weighted by Gasteiger charge is -2.19. The van der Waals surface area contributed by atoms with Gasteiger partial charge in [0.2, 0.25) is 5.91 Å². The molecule has 1 atom stereocenters. The highest BCUT2D eigenvalue weighted by atomic mass is 16.5. The van der Waals surface area contributed by atoms with Crippen LogP contribution in [-0.4, -0.2) is 48.2 Å². The van der Waals surface area contributed by atoms with E-state index in [0.717, 1.165) is 18.6 Å². The fraction of sp³-hybridized carbons (Fsp3) is 0.800. The van der Waals surface area contributed by atoms with Crippen molar-refractivity contribution in [2.24, 2.45) is 10.9 Å². The minimum absolute atomic E-state index is 0.00635. The molecule has 1 saturated carbocycles. The van der Waals surface area contributed by atoms with Gasteiger partial charge in [-0.25, -0.2) is 0 Å². The van der Waals surface area contributed by atoms with Crippen molar-refractivity contribution in [1.29, 1.82) is 0 Å². The number of amides is 1. The van der Waals surface area contributed by atoms with Gasteiger partial charge in [0, 0.05) is 25.2 Å². The summed E-state index contributed by atoms with van der Waals surface area (Å²) < 4.78 is 5.12. The van der Waals surface area contributed by atoms with E-state index in [0.29, 0.717) is 25.7 Å². The summed E-state index contributed by atoms with van der Waals surface area (Å²) in [6.45, 7) is 4.60. The molecule has 0 unspecified atom stereocenters. The highest BCUT2D eigenvalue weighted by molar-refractivity contribution is 6.06. The maximum absolute atomic E-state index is 12.0. The SMILES string of the molecule is CCOC(=O)[C@@H]1CN(C(C)=O)CC1=NC1CCCCC1. The van der Waals surface area contributed by atoms with Gasteiger partial charge in [-0.1, -0.05) is 19.3 Å². The summed E-state index contributed by atoms with van der Waals surface area (Å²) >= 11 is 0. The van der Waals surface area contributed by atoms with Crippen LogP contribution in [0.1, 0.15) is 46.0 Å². The second-order valence-corrected chi connectivity index (χ2v) is 5.62. The van der Waals surface area contributed by atoms with Gasteiger partial charge in [0.15, 0.2) is 0 Å². The Balaban J connectivity index is 2.11. The molecule has 1 amide bonds. The van der Waals surface area contributed by atoms with Crippen molar-refractivity contribution in [3.63, 3.8) is 0 Å². The lowest BCUT2D eigenvalue weighted by atomic mass is 9.95. The molecule has 0 spiro atoms. The van der Waals surface area contributed by atoms with Gasteiger partial charge in [0.05, 0.1) is 13.2 Å². The lowest BCUT2D eigenvalue weighted by molar-refractivity contribution is -0.145. The number of nitrogens with zero attached hydrogens (tertiary/aromatic N) is 2. The van der Waals surface area contributed by atoms with Gasteiger partial charge in [0.25, 0.3) is 0 Å². The first-order valence-electron chi connectivity index (χ1n) is 7.60. The number of likely N-dealkylation sites (tertiary alicyclic amines) is 1. The Labute approximate surface area is 120 Å². The average molecular weight is 280 g/mol. The summed E-state index contributed by atoms with van der Waals surface area (Å²) in [6.07, 6.45) is 5.89. The molecular weight excluding hydrogens is 256 g/mol. The number of rotatable bonds is 3. The molecule has 0 aromatic heterocycles. The van der Waals surface area contributed by atoms with Crippen LogP contribution >= 0.6 is 0 Å². The standard InChI is InChI=1S/C15H24N2O3/c1-3-20-15(19)13-9-17(11(2)18)10-14(13)16-12-7-5-4-6-8-12/h12-13H,3-10H2,1-2H3/t13-/m1/s1. The molecule has 5 heteroatoms. The monoisotopic (exact) mass is 280 g/mol. The lowest BCUT2D eigenvalue weighted by Crippen LogP contribution is -2.28. The first kappa shape index (κ1) is 15.0. The zero-order valence-corrected chi connectivity index (χ0v) is 12.4. The van der Waals surface area contributed by atoms with Gasteiger partial charge in [0.1, 0.15) is 5.92 Å². The molecule has 112 valence electrons. The maximum Gasteiger partial charge on any atom is 0.316 e. The minimum Gasteiger partial charge on any atom is -0.465 e. The van der Waals surface area contributed by atoms with Gasteiger partial charge >= 0.3 is 5.97 Å². The quantitative estimate of drug-likeness (QED) is 0.741. The molecular formula is C15H24N2O3. The van der Waals surface area contributed by atoms with Gasteiger partial charge in [-0.05, 0) is 19.8 Å². The molecule has 2 aliphatic rings. The highest BCUT2D eigenvalue weighted by Crippen LogP contribution is 2.23. The van der Waals surface area contributed by atoms with Crippen molar-refractivity contribution >= 4 is 17.6 Å². The van der Waals surface area contributed by atoms with E-state index in [1.165, 1.54) is 26.2 Å². The summed E-state index contributed by atoms with van der Waals surface area (Å²) in [5.41, 5.74) is 0.838. The Morgan fingerprint density at radius 2 is 2.00 bits per heavy atom. The average Bonchev–Trinajstić information content (AvgIpc) is 2.84. The van der Waals surface area contributed by atoms with E-state index in [1.54, 1.807) is 11.8 Å². The van der Waals surface area contributed by atoms with Gasteiger partial charge in [-0.15, -0.1) is 0 Å². The molecule has 0 bridgehead atoms. The summed E-state index contributed by atoms with van der Waals surface area (Å²) in [4.78, 5) is 30.0. The van der Waals surface area contributed by atoms with Crippen molar-refractivity contribution in [2.75, 3.05) is 19.7 Å². The zero-order chi connectivity index (χ0) is 14.5. The number of carbonyl (C=O) groups is 2. The van der Waals surface area contributed by atoms with Gasteiger partial charge < -0.3 is 9.64 Å². The smallest absolute Gasteiger partial charge is 0.316 e. The molecule has 2 rings (SSSR count). The van der Waals surface area contributed by atoms with Crippen molar-refractivity contribution < 1.29 is 14.3 Å². The molecule has 1 aliphatic carbocycles. The molecule has 5 nitrogen and oxygen atoms in total.